The highest BCUT2D eigenvalue weighted by Gasteiger charge is 2.32. The Morgan fingerprint density at radius 3 is 2.11 bits per heavy atom. The first-order valence-electron chi connectivity index (χ1n) is 11.9. The fourth-order valence-corrected chi connectivity index (χ4v) is 3.40. The molecule has 1 aromatic rings. The Hall–Kier alpha value is -3.02. The highest BCUT2D eigenvalue weighted by atomic mass is 16.4. The maximum atomic E-state index is 13.1. The van der Waals surface area contributed by atoms with Crippen molar-refractivity contribution in [3.63, 3.8) is 0 Å². The van der Waals surface area contributed by atoms with E-state index in [0.29, 0.717) is 32.2 Å². The second-order valence-electron chi connectivity index (χ2n) is 8.60. The number of aliphatic hydroxyl groups excluding tert-OH is 1. The van der Waals surface area contributed by atoms with Gasteiger partial charge in [0, 0.05) is 0 Å². The molecule has 0 aliphatic carbocycles. The van der Waals surface area contributed by atoms with Crippen LogP contribution in [0.4, 0.5) is 0 Å². The van der Waals surface area contributed by atoms with E-state index in [-0.39, 0.29) is 12.3 Å². The zero-order chi connectivity index (χ0) is 26.4. The van der Waals surface area contributed by atoms with Gasteiger partial charge in [-0.1, -0.05) is 50.6 Å². The monoisotopic (exact) mass is 493 g/mol. The molecular formula is C24H39N5O6. The molecule has 3 amide bonds. The largest absolute Gasteiger partial charge is 0.480 e. The zero-order valence-corrected chi connectivity index (χ0v) is 20.4. The highest BCUT2D eigenvalue weighted by Crippen LogP contribution is 2.11. The van der Waals surface area contributed by atoms with Crippen molar-refractivity contribution in [2.45, 2.75) is 70.1 Å². The normalized spacial score (nSPS) is 15.2. The summed E-state index contributed by atoms with van der Waals surface area (Å²) in [7, 11) is 0. The van der Waals surface area contributed by atoms with Crippen LogP contribution >= 0.6 is 0 Å². The Labute approximate surface area is 206 Å². The highest BCUT2D eigenvalue weighted by molar-refractivity contribution is 5.94. The molecule has 0 saturated carbocycles. The van der Waals surface area contributed by atoms with Crippen molar-refractivity contribution in [3.05, 3.63) is 35.9 Å². The van der Waals surface area contributed by atoms with Gasteiger partial charge in [0.15, 0.2) is 0 Å². The summed E-state index contributed by atoms with van der Waals surface area (Å²) in [5.74, 6) is -3.56. The van der Waals surface area contributed by atoms with Gasteiger partial charge in [-0.15, -0.1) is 0 Å². The molecule has 0 aromatic heterocycles. The molecule has 0 saturated heterocycles. The van der Waals surface area contributed by atoms with Gasteiger partial charge in [0.05, 0.1) is 12.6 Å². The lowest BCUT2D eigenvalue weighted by Gasteiger charge is -2.28. The number of hydrogen-bond donors (Lipinski definition) is 7. The van der Waals surface area contributed by atoms with Gasteiger partial charge in [0.25, 0.3) is 0 Å². The molecule has 1 aromatic carbocycles. The number of nitrogens with one attached hydrogen (secondary N) is 3. The lowest BCUT2D eigenvalue weighted by molar-refractivity contribution is -0.143. The van der Waals surface area contributed by atoms with Crippen molar-refractivity contribution in [3.8, 4) is 0 Å². The summed E-state index contributed by atoms with van der Waals surface area (Å²) in [5, 5.41) is 25.9. The van der Waals surface area contributed by atoms with Gasteiger partial charge < -0.3 is 37.6 Å². The Morgan fingerprint density at radius 2 is 1.57 bits per heavy atom. The van der Waals surface area contributed by atoms with Gasteiger partial charge in [0.2, 0.25) is 17.7 Å². The number of benzene rings is 1. The summed E-state index contributed by atoms with van der Waals surface area (Å²) in [6.07, 6.45) is 2.30. The zero-order valence-electron chi connectivity index (χ0n) is 20.4. The van der Waals surface area contributed by atoms with E-state index in [1.54, 1.807) is 6.92 Å². The molecule has 0 aliphatic rings. The molecule has 0 fully saturated rings. The molecular weight excluding hydrogens is 454 g/mol. The number of hydrogen-bond acceptors (Lipinski definition) is 7. The van der Waals surface area contributed by atoms with E-state index in [1.807, 2.05) is 37.3 Å². The van der Waals surface area contributed by atoms with Gasteiger partial charge in [-0.2, -0.15) is 0 Å². The Balaban J connectivity index is 2.95. The van der Waals surface area contributed by atoms with E-state index >= 15 is 0 Å². The van der Waals surface area contributed by atoms with E-state index < -0.39 is 54.5 Å². The molecule has 1 rings (SSSR count). The minimum absolute atomic E-state index is 0.288. The second kappa shape index (κ2) is 15.8. The molecule has 0 bridgehead atoms. The van der Waals surface area contributed by atoms with Crippen LogP contribution in [-0.2, 0) is 25.6 Å². The average Bonchev–Trinajstić information content (AvgIpc) is 2.84. The van der Waals surface area contributed by atoms with Crippen LogP contribution in [0, 0.1) is 5.92 Å². The topological polar surface area (TPSA) is 197 Å². The predicted molar refractivity (Wildman–Crippen MR) is 131 cm³/mol. The van der Waals surface area contributed by atoms with E-state index in [0.717, 1.165) is 5.56 Å². The van der Waals surface area contributed by atoms with Crippen LogP contribution in [0.2, 0.25) is 0 Å². The first kappa shape index (κ1) is 30.0. The number of amides is 3. The molecule has 35 heavy (non-hydrogen) atoms. The summed E-state index contributed by atoms with van der Waals surface area (Å²) in [4.78, 5) is 49.8. The molecule has 11 nitrogen and oxygen atoms in total. The Kier molecular flexibility index (Phi) is 13.5. The van der Waals surface area contributed by atoms with Gasteiger partial charge in [0.1, 0.15) is 18.1 Å². The maximum Gasteiger partial charge on any atom is 0.328 e. The molecule has 9 N–H and O–H groups in total. The van der Waals surface area contributed by atoms with Crippen molar-refractivity contribution in [2.75, 3.05) is 13.2 Å². The molecule has 0 spiro atoms. The average molecular weight is 494 g/mol. The summed E-state index contributed by atoms with van der Waals surface area (Å²) < 4.78 is 0. The van der Waals surface area contributed by atoms with Crippen molar-refractivity contribution < 1.29 is 29.4 Å². The van der Waals surface area contributed by atoms with Gasteiger partial charge in [-0.25, -0.2) is 4.79 Å². The van der Waals surface area contributed by atoms with Crippen LogP contribution in [0.25, 0.3) is 0 Å². The molecule has 196 valence electrons. The summed E-state index contributed by atoms with van der Waals surface area (Å²) in [5.41, 5.74) is 12.5. The Morgan fingerprint density at radius 1 is 0.943 bits per heavy atom. The SMILES string of the molecule is CCC(C)C(NC(=O)C(CCCCN)NC(=O)C(N)Cc1ccccc1)C(=O)NC(CO)C(=O)O. The Bertz CT molecular complexity index is 822. The first-order chi connectivity index (χ1) is 16.6. The molecule has 0 radical (unpaired) electrons. The van der Waals surface area contributed by atoms with Gasteiger partial charge >= 0.3 is 5.97 Å². The summed E-state index contributed by atoms with van der Waals surface area (Å²) >= 11 is 0. The van der Waals surface area contributed by atoms with E-state index in [1.165, 1.54) is 0 Å². The number of carbonyl (C=O) groups is 4. The first-order valence-corrected chi connectivity index (χ1v) is 11.9. The fourth-order valence-electron chi connectivity index (χ4n) is 3.40. The molecule has 0 heterocycles. The van der Waals surface area contributed by atoms with Gasteiger partial charge in [-0.05, 0) is 43.7 Å². The maximum absolute atomic E-state index is 13.1. The molecule has 0 aliphatic heterocycles. The third-order valence-corrected chi connectivity index (χ3v) is 5.81. The van der Waals surface area contributed by atoms with Crippen molar-refractivity contribution in [1.82, 2.24) is 16.0 Å². The summed E-state index contributed by atoms with van der Waals surface area (Å²) in [6, 6.07) is 4.85. The van der Waals surface area contributed by atoms with E-state index in [9.17, 15) is 24.3 Å². The lowest BCUT2D eigenvalue weighted by Crippen LogP contribution is -2.59. The van der Waals surface area contributed by atoms with Crippen molar-refractivity contribution in [2.24, 2.45) is 17.4 Å². The predicted octanol–water partition coefficient (Wildman–Crippen LogP) is -0.737. The van der Waals surface area contributed by atoms with Crippen LogP contribution < -0.4 is 27.4 Å². The minimum atomic E-state index is -1.50. The standard InChI is InChI=1S/C24H39N5O6/c1-3-15(2)20(23(33)28-19(14-30)24(34)35)29-22(32)18(11-7-8-12-25)27-21(31)17(26)13-16-9-5-4-6-10-16/h4-6,9-10,15,17-20,30H,3,7-8,11-14,25-26H2,1-2H3,(H,27,31)(H,28,33)(H,29,32)(H,34,35). The number of unbranched alkanes of at least 4 members (excludes halogenated alkanes) is 1. The van der Waals surface area contributed by atoms with Crippen molar-refractivity contribution in [1.29, 1.82) is 0 Å². The number of aliphatic hydroxyl groups is 1. The second-order valence-corrected chi connectivity index (χ2v) is 8.60. The summed E-state index contributed by atoms with van der Waals surface area (Å²) in [6.45, 7) is 3.18. The van der Waals surface area contributed by atoms with Crippen LogP contribution in [0.15, 0.2) is 30.3 Å². The smallest absolute Gasteiger partial charge is 0.328 e. The van der Waals surface area contributed by atoms with E-state index in [2.05, 4.69) is 16.0 Å². The van der Waals surface area contributed by atoms with Crippen molar-refractivity contribution >= 4 is 23.7 Å². The molecule has 5 unspecified atom stereocenters. The third-order valence-electron chi connectivity index (χ3n) is 5.81. The number of carboxylic acid groups (broad SMARTS) is 1. The number of rotatable bonds is 16. The van der Waals surface area contributed by atoms with E-state index in [4.69, 9.17) is 16.6 Å². The number of aliphatic carboxylic acids is 1. The van der Waals surface area contributed by atoms with Crippen LogP contribution in [0.5, 0.6) is 0 Å². The fraction of sp³-hybridized carbons (Fsp3) is 0.583. The number of carbonyl (C=O) groups excluding carboxylic acids is 3. The molecule has 5 atom stereocenters. The number of carboxylic acids is 1. The van der Waals surface area contributed by atoms with Crippen LogP contribution in [0.1, 0.15) is 45.1 Å². The lowest BCUT2D eigenvalue weighted by atomic mass is 9.97. The third kappa shape index (κ3) is 10.4. The number of nitrogens with two attached hydrogens (primary N) is 2. The van der Waals surface area contributed by atoms with Gasteiger partial charge in [-0.3, -0.25) is 14.4 Å². The quantitative estimate of drug-likeness (QED) is 0.146. The minimum Gasteiger partial charge on any atom is -0.480 e. The van der Waals surface area contributed by atoms with Crippen LogP contribution in [-0.4, -0.2) is 71.2 Å². The molecule has 11 heteroatoms. The van der Waals surface area contributed by atoms with Crippen LogP contribution in [0.3, 0.4) is 0 Å².